The van der Waals surface area contributed by atoms with Gasteiger partial charge in [-0.05, 0) is 72.0 Å². The number of hydrogen-bond acceptors (Lipinski definition) is 4. The fourth-order valence-electron chi connectivity index (χ4n) is 2.49. The quantitative estimate of drug-likeness (QED) is 0.592. The van der Waals surface area contributed by atoms with E-state index >= 15 is 0 Å². The lowest BCUT2D eigenvalue weighted by Gasteiger charge is -2.29. The highest BCUT2D eigenvalue weighted by Crippen LogP contribution is 2.29. The van der Waals surface area contributed by atoms with E-state index in [1.54, 1.807) is 0 Å². The number of esters is 1. The highest BCUT2D eigenvalue weighted by atomic mass is 16.5. The Balaban J connectivity index is 2.35. The molecular formula is C16H32N2O2. The molecule has 1 unspecified atom stereocenters. The molecule has 1 atom stereocenters. The maximum Gasteiger partial charge on any atom is 0.326 e. The molecule has 1 aliphatic carbocycles. The molecule has 118 valence electrons. The fourth-order valence-corrected chi connectivity index (χ4v) is 2.49. The summed E-state index contributed by atoms with van der Waals surface area (Å²) in [5.41, 5.74) is -0.535. The van der Waals surface area contributed by atoms with Crippen molar-refractivity contribution >= 4 is 5.97 Å². The molecule has 1 aliphatic rings. The Kier molecular flexibility index (Phi) is 7.52. The topological polar surface area (TPSA) is 41.6 Å². The van der Waals surface area contributed by atoms with Crippen molar-refractivity contribution in [1.82, 2.24) is 10.2 Å². The second-order valence-electron chi connectivity index (χ2n) is 6.29. The van der Waals surface area contributed by atoms with E-state index in [1.807, 2.05) is 13.8 Å². The van der Waals surface area contributed by atoms with E-state index in [0.29, 0.717) is 6.61 Å². The maximum atomic E-state index is 12.1. The molecule has 0 bridgehead atoms. The minimum absolute atomic E-state index is 0.113. The molecule has 0 amide bonds. The summed E-state index contributed by atoms with van der Waals surface area (Å²) in [5, 5.41) is 3.36. The Morgan fingerprint density at radius 3 is 2.65 bits per heavy atom. The van der Waals surface area contributed by atoms with Gasteiger partial charge in [0, 0.05) is 6.54 Å². The van der Waals surface area contributed by atoms with Crippen molar-refractivity contribution in [3.63, 3.8) is 0 Å². The van der Waals surface area contributed by atoms with Crippen molar-refractivity contribution in [1.29, 1.82) is 0 Å². The van der Waals surface area contributed by atoms with Crippen LogP contribution in [0.3, 0.4) is 0 Å². The van der Waals surface area contributed by atoms with Gasteiger partial charge in [0.05, 0.1) is 6.61 Å². The first-order valence-corrected chi connectivity index (χ1v) is 8.12. The van der Waals surface area contributed by atoms with Gasteiger partial charge in [-0.15, -0.1) is 0 Å². The van der Waals surface area contributed by atoms with Gasteiger partial charge in [-0.25, -0.2) is 0 Å². The lowest BCUT2D eigenvalue weighted by atomic mass is 9.95. The molecule has 0 radical (unpaired) electrons. The van der Waals surface area contributed by atoms with Crippen LogP contribution >= 0.6 is 0 Å². The first kappa shape index (κ1) is 17.4. The molecule has 20 heavy (non-hydrogen) atoms. The van der Waals surface area contributed by atoms with Gasteiger partial charge in [0.15, 0.2) is 0 Å². The average Bonchev–Trinajstić information content (AvgIpc) is 3.20. The lowest BCUT2D eigenvalue weighted by molar-refractivity contribution is -0.150. The highest BCUT2D eigenvalue weighted by molar-refractivity contribution is 5.80. The minimum atomic E-state index is -0.535. The Labute approximate surface area is 124 Å². The summed E-state index contributed by atoms with van der Waals surface area (Å²) in [6, 6.07) is 0. The van der Waals surface area contributed by atoms with Gasteiger partial charge in [0.1, 0.15) is 5.54 Å². The molecule has 1 rings (SSSR count). The number of carbonyl (C=O) groups is 1. The first-order valence-electron chi connectivity index (χ1n) is 8.12. The van der Waals surface area contributed by atoms with E-state index in [2.05, 4.69) is 24.2 Å². The normalized spacial score (nSPS) is 18.1. The molecule has 1 saturated carbocycles. The summed E-state index contributed by atoms with van der Waals surface area (Å²) in [6.45, 7) is 9.51. The second-order valence-corrected chi connectivity index (χ2v) is 6.29. The van der Waals surface area contributed by atoms with Crippen LogP contribution in [0.1, 0.15) is 52.9 Å². The third-order valence-electron chi connectivity index (χ3n) is 3.97. The maximum absolute atomic E-state index is 12.1. The molecule has 4 heteroatoms. The monoisotopic (exact) mass is 284 g/mol. The Hall–Kier alpha value is -0.610. The van der Waals surface area contributed by atoms with E-state index in [9.17, 15) is 4.79 Å². The third-order valence-corrected chi connectivity index (χ3v) is 3.97. The Morgan fingerprint density at radius 2 is 2.10 bits per heavy atom. The van der Waals surface area contributed by atoms with Gasteiger partial charge >= 0.3 is 5.97 Å². The number of rotatable bonds is 11. The molecule has 0 aromatic carbocycles. The molecular weight excluding hydrogens is 252 g/mol. The predicted molar refractivity (Wildman–Crippen MR) is 82.8 cm³/mol. The second kappa shape index (κ2) is 8.63. The number of hydrogen-bond donors (Lipinski definition) is 1. The SMILES string of the molecule is CCCNC(C)(CCCN(C)CC1CC1)C(=O)OCC. The van der Waals surface area contributed by atoms with E-state index < -0.39 is 5.54 Å². The van der Waals surface area contributed by atoms with Crippen molar-refractivity contribution in [3.8, 4) is 0 Å². The van der Waals surface area contributed by atoms with Gasteiger partial charge in [0.2, 0.25) is 0 Å². The van der Waals surface area contributed by atoms with Crippen LogP contribution in [0.4, 0.5) is 0 Å². The molecule has 0 aliphatic heterocycles. The van der Waals surface area contributed by atoms with Crippen LogP contribution in [0, 0.1) is 5.92 Å². The van der Waals surface area contributed by atoms with Crippen molar-refractivity contribution in [2.75, 3.05) is 33.3 Å². The van der Waals surface area contributed by atoms with Crippen molar-refractivity contribution in [2.24, 2.45) is 5.92 Å². The molecule has 0 heterocycles. The Bertz CT molecular complexity index is 292. The van der Waals surface area contributed by atoms with Crippen LogP contribution in [0.15, 0.2) is 0 Å². The predicted octanol–water partition coefficient (Wildman–Crippen LogP) is 2.43. The zero-order valence-electron chi connectivity index (χ0n) is 13.7. The number of carbonyl (C=O) groups excluding carboxylic acids is 1. The van der Waals surface area contributed by atoms with E-state index in [-0.39, 0.29) is 5.97 Å². The third kappa shape index (κ3) is 6.23. The fraction of sp³-hybridized carbons (Fsp3) is 0.938. The van der Waals surface area contributed by atoms with Gasteiger partial charge in [-0.1, -0.05) is 6.92 Å². The standard InChI is InChI=1S/C16H32N2O2/c1-5-11-17-16(3,15(19)20-6-2)10-7-12-18(4)13-14-8-9-14/h14,17H,5-13H2,1-4H3. The average molecular weight is 284 g/mol. The molecule has 1 fully saturated rings. The van der Waals surface area contributed by atoms with Gasteiger partial charge < -0.3 is 15.0 Å². The zero-order chi connectivity index (χ0) is 15.0. The highest BCUT2D eigenvalue weighted by Gasteiger charge is 2.33. The van der Waals surface area contributed by atoms with Gasteiger partial charge in [0.25, 0.3) is 0 Å². The summed E-state index contributed by atoms with van der Waals surface area (Å²) in [7, 11) is 2.18. The van der Waals surface area contributed by atoms with Crippen LogP contribution in [0.25, 0.3) is 0 Å². The summed E-state index contributed by atoms with van der Waals surface area (Å²) in [6.07, 6.45) is 5.67. The first-order chi connectivity index (χ1) is 9.51. The molecule has 4 nitrogen and oxygen atoms in total. The van der Waals surface area contributed by atoms with Crippen LogP contribution in [-0.4, -0.2) is 49.7 Å². The summed E-state index contributed by atoms with van der Waals surface area (Å²) in [5.74, 6) is 0.813. The molecule has 0 aromatic heterocycles. The van der Waals surface area contributed by atoms with Crippen LogP contribution in [0.2, 0.25) is 0 Å². The van der Waals surface area contributed by atoms with Gasteiger partial charge in [-0.3, -0.25) is 4.79 Å². The van der Waals surface area contributed by atoms with Crippen LogP contribution < -0.4 is 5.32 Å². The lowest BCUT2D eigenvalue weighted by Crippen LogP contribution is -2.51. The minimum Gasteiger partial charge on any atom is -0.465 e. The van der Waals surface area contributed by atoms with Crippen LogP contribution in [0.5, 0.6) is 0 Å². The Morgan fingerprint density at radius 1 is 1.40 bits per heavy atom. The zero-order valence-corrected chi connectivity index (χ0v) is 13.7. The summed E-state index contributed by atoms with van der Waals surface area (Å²) in [4.78, 5) is 14.5. The smallest absolute Gasteiger partial charge is 0.326 e. The van der Waals surface area contributed by atoms with E-state index in [0.717, 1.165) is 38.3 Å². The molecule has 0 aromatic rings. The largest absolute Gasteiger partial charge is 0.465 e. The number of nitrogens with one attached hydrogen (secondary N) is 1. The van der Waals surface area contributed by atoms with E-state index in [4.69, 9.17) is 4.74 Å². The van der Waals surface area contributed by atoms with Crippen molar-refractivity contribution in [3.05, 3.63) is 0 Å². The number of ether oxygens (including phenoxy) is 1. The summed E-state index contributed by atoms with van der Waals surface area (Å²) >= 11 is 0. The molecule has 0 spiro atoms. The summed E-state index contributed by atoms with van der Waals surface area (Å²) < 4.78 is 5.22. The number of nitrogens with zero attached hydrogens (tertiary/aromatic N) is 1. The van der Waals surface area contributed by atoms with Crippen LogP contribution in [-0.2, 0) is 9.53 Å². The van der Waals surface area contributed by atoms with Crippen molar-refractivity contribution in [2.45, 2.75) is 58.4 Å². The van der Waals surface area contributed by atoms with Crippen molar-refractivity contribution < 1.29 is 9.53 Å². The molecule has 1 N–H and O–H groups in total. The van der Waals surface area contributed by atoms with E-state index in [1.165, 1.54) is 19.4 Å². The molecule has 0 saturated heterocycles. The van der Waals surface area contributed by atoms with Gasteiger partial charge in [-0.2, -0.15) is 0 Å².